The molecule has 0 aromatic rings. The SMILES string of the molecule is CCN(CC)C(C)CC(C(N)C(C)N(CC)CC)C(C)N(CC)CC. The van der Waals surface area contributed by atoms with Gasteiger partial charge in [0.25, 0.3) is 0 Å². The minimum Gasteiger partial charge on any atom is -0.326 e. The highest BCUT2D eigenvalue weighted by Gasteiger charge is 2.34. The van der Waals surface area contributed by atoms with Crippen LogP contribution in [0.2, 0.25) is 0 Å². The molecule has 152 valence electrons. The van der Waals surface area contributed by atoms with E-state index in [2.05, 4.69) is 77.0 Å². The first kappa shape index (κ1) is 24.8. The maximum Gasteiger partial charge on any atom is 0.0238 e. The highest BCUT2D eigenvalue weighted by atomic mass is 15.2. The van der Waals surface area contributed by atoms with Crippen molar-refractivity contribution in [2.45, 2.75) is 92.9 Å². The third kappa shape index (κ3) is 7.16. The molecule has 0 saturated carbocycles. The van der Waals surface area contributed by atoms with Crippen LogP contribution in [0.3, 0.4) is 0 Å². The molecule has 25 heavy (non-hydrogen) atoms. The Bertz CT molecular complexity index is 311. The van der Waals surface area contributed by atoms with Crippen molar-refractivity contribution in [3.8, 4) is 0 Å². The second-order valence-electron chi connectivity index (χ2n) is 7.47. The Morgan fingerprint density at radius 2 is 0.960 bits per heavy atom. The summed E-state index contributed by atoms with van der Waals surface area (Å²) in [6.45, 7) is 27.2. The summed E-state index contributed by atoms with van der Waals surface area (Å²) >= 11 is 0. The van der Waals surface area contributed by atoms with Crippen molar-refractivity contribution >= 4 is 0 Å². The summed E-state index contributed by atoms with van der Waals surface area (Å²) in [4.78, 5) is 7.65. The van der Waals surface area contributed by atoms with Crippen LogP contribution in [0.5, 0.6) is 0 Å². The van der Waals surface area contributed by atoms with Crippen molar-refractivity contribution in [2.24, 2.45) is 11.7 Å². The van der Waals surface area contributed by atoms with Crippen molar-refractivity contribution in [2.75, 3.05) is 39.3 Å². The van der Waals surface area contributed by atoms with Gasteiger partial charge in [-0.1, -0.05) is 41.5 Å². The zero-order valence-electron chi connectivity index (χ0n) is 18.8. The van der Waals surface area contributed by atoms with Gasteiger partial charge in [0.1, 0.15) is 0 Å². The van der Waals surface area contributed by atoms with Gasteiger partial charge in [-0.05, 0) is 72.4 Å². The maximum atomic E-state index is 6.91. The smallest absolute Gasteiger partial charge is 0.0238 e. The predicted octanol–water partition coefficient (Wildman–Crippen LogP) is 3.51. The van der Waals surface area contributed by atoms with Crippen molar-refractivity contribution in [1.82, 2.24) is 14.7 Å². The Kier molecular flexibility index (Phi) is 13.0. The molecule has 0 fully saturated rings. The van der Waals surface area contributed by atoms with Gasteiger partial charge >= 0.3 is 0 Å². The van der Waals surface area contributed by atoms with E-state index in [0.717, 1.165) is 39.3 Å². The summed E-state index contributed by atoms with van der Waals surface area (Å²) in [7, 11) is 0. The van der Waals surface area contributed by atoms with E-state index in [1.165, 1.54) is 6.42 Å². The Morgan fingerprint density at radius 3 is 1.32 bits per heavy atom. The van der Waals surface area contributed by atoms with Gasteiger partial charge in [-0.3, -0.25) is 4.90 Å². The molecule has 0 amide bonds. The molecule has 4 heteroatoms. The molecule has 0 bridgehead atoms. The topological polar surface area (TPSA) is 35.7 Å². The molecule has 0 aliphatic carbocycles. The molecule has 0 aliphatic rings. The van der Waals surface area contributed by atoms with E-state index in [1.807, 2.05) is 0 Å². The van der Waals surface area contributed by atoms with Gasteiger partial charge in [-0.15, -0.1) is 0 Å². The second kappa shape index (κ2) is 13.1. The summed E-state index contributed by atoms with van der Waals surface area (Å²) < 4.78 is 0. The maximum absolute atomic E-state index is 6.91. The summed E-state index contributed by atoms with van der Waals surface area (Å²) in [6.07, 6.45) is 1.17. The fraction of sp³-hybridized carbons (Fsp3) is 1.00. The monoisotopic (exact) mass is 356 g/mol. The Labute approximate surface area is 159 Å². The lowest BCUT2D eigenvalue weighted by molar-refractivity contribution is 0.0806. The van der Waals surface area contributed by atoms with Crippen LogP contribution in [0.4, 0.5) is 0 Å². The van der Waals surface area contributed by atoms with Crippen LogP contribution < -0.4 is 5.73 Å². The lowest BCUT2D eigenvalue weighted by Gasteiger charge is -2.43. The van der Waals surface area contributed by atoms with Crippen LogP contribution in [0, 0.1) is 5.92 Å². The molecule has 0 aromatic carbocycles. The number of nitrogens with two attached hydrogens (primary N) is 1. The molecule has 0 radical (unpaired) electrons. The fourth-order valence-corrected chi connectivity index (χ4v) is 4.54. The van der Waals surface area contributed by atoms with Crippen LogP contribution in [-0.2, 0) is 0 Å². The van der Waals surface area contributed by atoms with Crippen molar-refractivity contribution in [3.05, 3.63) is 0 Å². The van der Waals surface area contributed by atoms with E-state index in [0.29, 0.717) is 24.0 Å². The van der Waals surface area contributed by atoms with Gasteiger partial charge in [0.15, 0.2) is 0 Å². The largest absolute Gasteiger partial charge is 0.326 e. The van der Waals surface area contributed by atoms with Gasteiger partial charge in [0.05, 0.1) is 0 Å². The van der Waals surface area contributed by atoms with Crippen LogP contribution in [-0.4, -0.2) is 78.1 Å². The van der Waals surface area contributed by atoms with Crippen LogP contribution >= 0.6 is 0 Å². The minimum atomic E-state index is 0.202. The number of likely N-dealkylation sites (N-methyl/N-ethyl adjacent to an activating group) is 1. The molecule has 0 aromatic heterocycles. The minimum absolute atomic E-state index is 0.202. The van der Waals surface area contributed by atoms with E-state index < -0.39 is 0 Å². The van der Waals surface area contributed by atoms with Gasteiger partial charge in [0, 0.05) is 24.2 Å². The second-order valence-corrected chi connectivity index (χ2v) is 7.47. The molecule has 2 N–H and O–H groups in total. The number of hydrogen-bond acceptors (Lipinski definition) is 4. The Hall–Kier alpha value is -0.160. The molecule has 0 aliphatic heterocycles. The molecule has 4 nitrogen and oxygen atoms in total. The number of rotatable bonds is 14. The standard InChI is InChI=1S/C21H48N4/c1-10-23(11-2)17(7)16-20(18(8)24(12-3)13-4)21(22)19(9)25(14-5)15-6/h17-21H,10-16,22H2,1-9H3. The normalized spacial score (nSPS) is 18.6. The molecule has 0 spiro atoms. The van der Waals surface area contributed by atoms with Gasteiger partial charge in [-0.2, -0.15) is 0 Å². The van der Waals surface area contributed by atoms with Gasteiger partial charge in [0.2, 0.25) is 0 Å². The average molecular weight is 357 g/mol. The highest BCUT2D eigenvalue weighted by molar-refractivity contribution is 4.91. The third-order valence-electron chi connectivity index (χ3n) is 6.50. The molecule has 5 unspecified atom stereocenters. The average Bonchev–Trinajstić information content (AvgIpc) is 2.61. The van der Waals surface area contributed by atoms with Crippen LogP contribution in [0.25, 0.3) is 0 Å². The quantitative estimate of drug-likeness (QED) is 0.517. The number of hydrogen-bond donors (Lipinski definition) is 1. The first-order valence-corrected chi connectivity index (χ1v) is 10.8. The summed E-state index contributed by atoms with van der Waals surface area (Å²) in [5.74, 6) is 0.506. The van der Waals surface area contributed by atoms with Crippen molar-refractivity contribution in [3.63, 3.8) is 0 Å². The molecular formula is C21H48N4. The molecule has 0 heterocycles. The van der Waals surface area contributed by atoms with E-state index >= 15 is 0 Å². The van der Waals surface area contributed by atoms with Crippen LogP contribution in [0.15, 0.2) is 0 Å². The molecular weight excluding hydrogens is 308 g/mol. The van der Waals surface area contributed by atoms with E-state index in [1.54, 1.807) is 0 Å². The lowest BCUT2D eigenvalue weighted by Crippen LogP contribution is -2.56. The van der Waals surface area contributed by atoms with Crippen LogP contribution in [0.1, 0.15) is 68.7 Å². The number of nitrogens with zero attached hydrogens (tertiary/aromatic N) is 3. The Balaban J connectivity index is 5.43. The van der Waals surface area contributed by atoms with E-state index in [9.17, 15) is 0 Å². The zero-order chi connectivity index (χ0) is 19.6. The summed E-state index contributed by atoms with van der Waals surface area (Å²) in [5.41, 5.74) is 6.91. The summed E-state index contributed by atoms with van der Waals surface area (Å²) in [6, 6.07) is 1.71. The molecule has 0 rings (SSSR count). The van der Waals surface area contributed by atoms with E-state index in [4.69, 9.17) is 5.73 Å². The first-order chi connectivity index (χ1) is 11.8. The third-order valence-corrected chi connectivity index (χ3v) is 6.50. The highest BCUT2D eigenvalue weighted by Crippen LogP contribution is 2.25. The zero-order valence-corrected chi connectivity index (χ0v) is 18.8. The van der Waals surface area contributed by atoms with E-state index in [-0.39, 0.29) is 6.04 Å². The lowest BCUT2D eigenvalue weighted by atomic mass is 9.82. The molecule has 5 atom stereocenters. The Morgan fingerprint density at radius 1 is 0.600 bits per heavy atom. The predicted molar refractivity (Wildman–Crippen MR) is 113 cm³/mol. The van der Waals surface area contributed by atoms with Gasteiger partial charge in [-0.25, -0.2) is 0 Å². The summed E-state index contributed by atoms with van der Waals surface area (Å²) in [5, 5.41) is 0. The molecule has 0 saturated heterocycles. The van der Waals surface area contributed by atoms with Crippen molar-refractivity contribution < 1.29 is 0 Å². The van der Waals surface area contributed by atoms with Gasteiger partial charge < -0.3 is 15.5 Å². The fourth-order valence-electron chi connectivity index (χ4n) is 4.54. The first-order valence-electron chi connectivity index (χ1n) is 10.8. The van der Waals surface area contributed by atoms with Crippen molar-refractivity contribution in [1.29, 1.82) is 0 Å².